The summed E-state index contributed by atoms with van der Waals surface area (Å²) in [6, 6.07) is 0. The molecule has 0 aromatic carbocycles. The van der Waals surface area contributed by atoms with E-state index in [0.29, 0.717) is 12.3 Å². The molecule has 0 aliphatic heterocycles. The third-order valence-corrected chi connectivity index (χ3v) is 5.52. The Hall–Kier alpha value is -0.570. The highest BCUT2D eigenvalue weighted by atomic mass is 16.5. The van der Waals surface area contributed by atoms with Crippen molar-refractivity contribution in [3.05, 3.63) is 0 Å². The van der Waals surface area contributed by atoms with Crippen LogP contribution in [0.2, 0.25) is 0 Å². The number of hydrogen-bond acceptors (Lipinski definition) is 3. The maximum atomic E-state index is 12.1. The van der Waals surface area contributed by atoms with Crippen molar-refractivity contribution in [3.8, 4) is 0 Å². The first-order valence-electron chi connectivity index (χ1n) is 7.97. The van der Waals surface area contributed by atoms with E-state index < -0.39 is 0 Å². The highest BCUT2D eigenvalue weighted by Crippen LogP contribution is 2.49. The second-order valence-electron chi connectivity index (χ2n) is 6.78. The van der Waals surface area contributed by atoms with E-state index in [1.54, 1.807) is 7.11 Å². The van der Waals surface area contributed by atoms with Gasteiger partial charge < -0.3 is 9.47 Å². The summed E-state index contributed by atoms with van der Waals surface area (Å²) < 4.78 is 11.1. The van der Waals surface area contributed by atoms with Crippen molar-refractivity contribution < 1.29 is 14.3 Å². The lowest BCUT2D eigenvalue weighted by Crippen LogP contribution is -2.30. The van der Waals surface area contributed by atoms with Gasteiger partial charge in [0.05, 0.1) is 6.10 Å². The molecular formula is C16H26O3. The second kappa shape index (κ2) is 5.82. The molecular weight excluding hydrogens is 240 g/mol. The van der Waals surface area contributed by atoms with E-state index in [1.807, 2.05) is 0 Å². The van der Waals surface area contributed by atoms with Gasteiger partial charge in [-0.25, -0.2) is 0 Å². The van der Waals surface area contributed by atoms with Gasteiger partial charge in [-0.3, -0.25) is 4.79 Å². The first kappa shape index (κ1) is 13.4. The molecule has 0 unspecified atom stereocenters. The van der Waals surface area contributed by atoms with Gasteiger partial charge in [-0.15, -0.1) is 0 Å². The number of ether oxygens (including phenoxy) is 2. The average Bonchev–Trinajstić information content (AvgIpc) is 3.01. The molecule has 3 saturated carbocycles. The first-order valence-corrected chi connectivity index (χ1v) is 7.97. The molecule has 3 nitrogen and oxygen atoms in total. The predicted octanol–water partition coefficient (Wildman–Crippen LogP) is 3.31. The minimum atomic E-state index is 0.0410. The summed E-state index contributed by atoms with van der Waals surface area (Å²) in [5, 5.41) is 0. The van der Waals surface area contributed by atoms with Crippen molar-refractivity contribution in [3.63, 3.8) is 0 Å². The van der Waals surface area contributed by atoms with Crippen molar-refractivity contribution in [2.24, 2.45) is 17.8 Å². The number of esters is 1. The molecule has 3 aliphatic rings. The van der Waals surface area contributed by atoms with Gasteiger partial charge in [0.2, 0.25) is 0 Å². The Morgan fingerprint density at radius 2 is 1.89 bits per heavy atom. The molecule has 5 atom stereocenters. The molecule has 0 radical (unpaired) electrons. The van der Waals surface area contributed by atoms with Crippen LogP contribution in [0.15, 0.2) is 0 Å². The van der Waals surface area contributed by atoms with Gasteiger partial charge >= 0.3 is 5.97 Å². The standard InChI is InChI=1S/C16H26O3/c1-18-14-3-2-4-15(10-14)19-16(17)9-13-8-11-5-6-12(13)7-11/h11-15H,2-10H2,1H3/t11-,12-,13-,14+,15+/m0/s1. The molecule has 0 spiro atoms. The molecule has 0 saturated heterocycles. The Labute approximate surface area is 116 Å². The summed E-state index contributed by atoms with van der Waals surface area (Å²) in [4.78, 5) is 12.1. The Morgan fingerprint density at radius 3 is 2.58 bits per heavy atom. The van der Waals surface area contributed by atoms with Crippen LogP contribution in [0.1, 0.15) is 57.8 Å². The SMILES string of the molecule is CO[C@@H]1CCC[C@@H](OC(=O)C[C@@H]2C[C@H]3CC[C@H]2C3)C1. The molecule has 19 heavy (non-hydrogen) atoms. The van der Waals surface area contributed by atoms with Gasteiger partial charge in [0, 0.05) is 20.0 Å². The first-order chi connectivity index (χ1) is 9.24. The predicted molar refractivity (Wildman–Crippen MR) is 72.7 cm³/mol. The molecule has 3 rings (SSSR count). The van der Waals surface area contributed by atoms with Crippen LogP contribution in [0.25, 0.3) is 0 Å². The summed E-state index contributed by atoms with van der Waals surface area (Å²) >= 11 is 0. The minimum absolute atomic E-state index is 0.0410. The van der Waals surface area contributed by atoms with Crippen LogP contribution in [-0.4, -0.2) is 25.3 Å². The molecule has 0 aromatic rings. The van der Waals surface area contributed by atoms with Gasteiger partial charge in [-0.2, -0.15) is 0 Å². The van der Waals surface area contributed by atoms with Gasteiger partial charge in [-0.05, 0) is 56.3 Å². The zero-order valence-electron chi connectivity index (χ0n) is 12.0. The molecule has 0 amide bonds. The van der Waals surface area contributed by atoms with Crippen molar-refractivity contribution in [2.45, 2.75) is 70.0 Å². The molecule has 0 heterocycles. The number of carbonyl (C=O) groups is 1. The molecule has 0 N–H and O–H groups in total. The second-order valence-corrected chi connectivity index (χ2v) is 6.78. The maximum Gasteiger partial charge on any atom is 0.306 e. The monoisotopic (exact) mass is 266 g/mol. The third kappa shape index (κ3) is 3.13. The van der Waals surface area contributed by atoms with Crippen molar-refractivity contribution >= 4 is 5.97 Å². The zero-order chi connectivity index (χ0) is 13.2. The van der Waals surface area contributed by atoms with E-state index in [-0.39, 0.29) is 18.2 Å². The van der Waals surface area contributed by atoms with Crippen LogP contribution in [0.5, 0.6) is 0 Å². The number of carbonyl (C=O) groups excluding carboxylic acids is 1. The summed E-state index contributed by atoms with van der Waals surface area (Å²) in [6.45, 7) is 0. The van der Waals surface area contributed by atoms with Gasteiger partial charge in [-0.1, -0.05) is 6.42 Å². The zero-order valence-corrected chi connectivity index (χ0v) is 12.0. The number of fused-ring (bicyclic) bond motifs is 2. The summed E-state index contributed by atoms with van der Waals surface area (Å²) in [5.41, 5.74) is 0. The van der Waals surface area contributed by atoms with E-state index in [1.165, 1.54) is 25.7 Å². The fourth-order valence-electron chi connectivity index (χ4n) is 4.50. The minimum Gasteiger partial charge on any atom is -0.462 e. The largest absolute Gasteiger partial charge is 0.462 e. The normalized spacial score (nSPS) is 41.4. The van der Waals surface area contributed by atoms with E-state index in [4.69, 9.17) is 9.47 Å². The van der Waals surface area contributed by atoms with E-state index in [2.05, 4.69) is 0 Å². The molecule has 3 aliphatic carbocycles. The number of hydrogen-bond donors (Lipinski definition) is 0. The van der Waals surface area contributed by atoms with Crippen molar-refractivity contribution in [1.82, 2.24) is 0 Å². The topological polar surface area (TPSA) is 35.5 Å². The smallest absolute Gasteiger partial charge is 0.306 e. The maximum absolute atomic E-state index is 12.1. The van der Waals surface area contributed by atoms with Crippen LogP contribution in [0, 0.1) is 17.8 Å². The average molecular weight is 266 g/mol. The Balaban J connectivity index is 1.43. The number of methoxy groups -OCH3 is 1. The molecule has 0 aromatic heterocycles. The van der Waals surface area contributed by atoms with E-state index >= 15 is 0 Å². The quantitative estimate of drug-likeness (QED) is 0.732. The van der Waals surface area contributed by atoms with Crippen molar-refractivity contribution in [2.75, 3.05) is 7.11 Å². The molecule has 2 bridgehead atoms. The summed E-state index contributed by atoms with van der Waals surface area (Å²) in [6.07, 6.45) is 10.6. The summed E-state index contributed by atoms with van der Waals surface area (Å²) in [7, 11) is 1.75. The lowest BCUT2D eigenvalue weighted by Gasteiger charge is -2.29. The van der Waals surface area contributed by atoms with Crippen LogP contribution in [0.4, 0.5) is 0 Å². The lowest BCUT2D eigenvalue weighted by molar-refractivity contribution is -0.154. The van der Waals surface area contributed by atoms with E-state index in [0.717, 1.165) is 37.5 Å². The highest BCUT2D eigenvalue weighted by Gasteiger charge is 2.40. The third-order valence-electron chi connectivity index (χ3n) is 5.52. The van der Waals surface area contributed by atoms with Gasteiger partial charge in [0.25, 0.3) is 0 Å². The van der Waals surface area contributed by atoms with Gasteiger partial charge in [0.1, 0.15) is 6.10 Å². The Morgan fingerprint density at radius 1 is 1.05 bits per heavy atom. The molecule has 3 fully saturated rings. The Bertz CT molecular complexity index is 328. The van der Waals surface area contributed by atoms with Crippen molar-refractivity contribution in [1.29, 1.82) is 0 Å². The molecule has 3 heteroatoms. The lowest BCUT2D eigenvalue weighted by atomic mass is 9.86. The van der Waals surface area contributed by atoms with Crippen LogP contribution in [0.3, 0.4) is 0 Å². The van der Waals surface area contributed by atoms with E-state index in [9.17, 15) is 4.79 Å². The molecule has 108 valence electrons. The van der Waals surface area contributed by atoms with Crippen LogP contribution in [-0.2, 0) is 14.3 Å². The van der Waals surface area contributed by atoms with Crippen LogP contribution >= 0.6 is 0 Å². The van der Waals surface area contributed by atoms with Crippen LogP contribution < -0.4 is 0 Å². The Kier molecular flexibility index (Phi) is 4.11. The highest BCUT2D eigenvalue weighted by molar-refractivity contribution is 5.70. The fourth-order valence-corrected chi connectivity index (χ4v) is 4.50. The summed E-state index contributed by atoms with van der Waals surface area (Å²) in [5.74, 6) is 2.39. The fraction of sp³-hybridized carbons (Fsp3) is 0.938. The van der Waals surface area contributed by atoms with Gasteiger partial charge in [0.15, 0.2) is 0 Å². The number of rotatable bonds is 4.